The highest BCUT2D eigenvalue weighted by Gasteiger charge is 2.13. The first-order chi connectivity index (χ1) is 9.51. The second-order valence-corrected chi connectivity index (χ2v) is 5.55. The highest BCUT2D eigenvalue weighted by atomic mass is 35.5. The smallest absolute Gasteiger partial charge is 0.123 e. The maximum absolute atomic E-state index is 6.32. The Labute approximate surface area is 125 Å². The number of hydrogen-bond donors (Lipinski definition) is 1. The second kappa shape index (κ2) is 6.29. The van der Waals surface area contributed by atoms with E-state index in [9.17, 15) is 0 Å². The first-order valence-electron chi connectivity index (χ1n) is 6.66. The van der Waals surface area contributed by atoms with Gasteiger partial charge in [-0.25, -0.2) is 0 Å². The second-order valence-electron chi connectivity index (χ2n) is 5.12. The Hall–Kier alpha value is -1.51. The summed E-state index contributed by atoms with van der Waals surface area (Å²) in [6.45, 7) is 4.23. The number of benzene rings is 2. The van der Waals surface area contributed by atoms with Crippen molar-refractivity contribution < 1.29 is 4.74 Å². The normalized spacial score (nSPS) is 12.2. The van der Waals surface area contributed by atoms with Gasteiger partial charge in [0.2, 0.25) is 0 Å². The quantitative estimate of drug-likeness (QED) is 0.915. The monoisotopic (exact) mass is 289 g/mol. The molecule has 2 rings (SSSR count). The molecular formula is C17H20ClNO. The third-order valence-corrected chi connectivity index (χ3v) is 3.85. The molecule has 20 heavy (non-hydrogen) atoms. The van der Waals surface area contributed by atoms with Crippen LogP contribution in [0.4, 0.5) is 0 Å². The topological polar surface area (TPSA) is 35.2 Å². The third kappa shape index (κ3) is 3.33. The van der Waals surface area contributed by atoms with E-state index in [0.717, 1.165) is 17.7 Å². The van der Waals surface area contributed by atoms with Crippen LogP contribution in [0.3, 0.4) is 0 Å². The minimum absolute atomic E-state index is 0.134. The standard InChI is InChI=1S/C17H20ClNO/c1-11-4-5-13(8-12(11)2)9-16(19)15-10-14(18)6-7-17(15)20-3/h4-8,10,16H,9,19H2,1-3H3. The number of rotatable bonds is 4. The van der Waals surface area contributed by atoms with E-state index in [0.29, 0.717) is 5.02 Å². The zero-order valence-electron chi connectivity index (χ0n) is 12.1. The van der Waals surface area contributed by atoms with E-state index in [1.165, 1.54) is 16.7 Å². The highest BCUT2D eigenvalue weighted by Crippen LogP contribution is 2.29. The van der Waals surface area contributed by atoms with Crippen molar-refractivity contribution in [3.8, 4) is 5.75 Å². The first kappa shape index (κ1) is 14.9. The van der Waals surface area contributed by atoms with Crippen molar-refractivity contribution in [3.63, 3.8) is 0 Å². The van der Waals surface area contributed by atoms with Crippen molar-refractivity contribution in [3.05, 3.63) is 63.7 Å². The summed E-state index contributed by atoms with van der Waals surface area (Å²) < 4.78 is 5.36. The predicted molar refractivity (Wildman–Crippen MR) is 84.6 cm³/mol. The molecule has 0 saturated heterocycles. The lowest BCUT2D eigenvalue weighted by molar-refractivity contribution is 0.405. The summed E-state index contributed by atoms with van der Waals surface area (Å²) in [4.78, 5) is 0. The molecule has 0 aromatic heterocycles. The molecule has 106 valence electrons. The molecule has 0 spiro atoms. The molecule has 2 N–H and O–H groups in total. The SMILES string of the molecule is COc1ccc(Cl)cc1C(N)Cc1ccc(C)c(C)c1. The van der Waals surface area contributed by atoms with E-state index < -0.39 is 0 Å². The van der Waals surface area contributed by atoms with Gasteiger partial charge < -0.3 is 10.5 Å². The summed E-state index contributed by atoms with van der Waals surface area (Å²) in [7, 11) is 1.65. The number of ether oxygens (including phenoxy) is 1. The fraction of sp³-hybridized carbons (Fsp3) is 0.294. The Morgan fingerprint density at radius 2 is 1.85 bits per heavy atom. The van der Waals surface area contributed by atoms with Gasteiger partial charge in [0.15, 0.2) is 0 Å². The van der Waals surface area contributed by atoms with Gasteiger partial charge in [-0.3, -0.25) is 0 Å². The van der Waals surface area contributed by atoms with E-state index in [-0.39, 0.29) is 6.04 Å². The summed E-state index contributed by atoms with van der Waals surface area (Å²) in [6.07, 6.45) is 0.762. The average Bonchev–Trinajstić information content (AvgIpc) is 2.43. The lowest BCUT2D eigenvalue weighted by Gasteiger charge is -2.17. The summed E-state index contributed by atoms with van der Waals surface area (Å²) in [5.41, 5.74) is 11.1. The van der Waals surface area contributed by atoms with Crippen LogP contribution in [0.15, 0.2) is 36.4 Å². The Bertz CT molecular complexity index is 610. The largest absolute Gasteiger partial charge is 0.496 e. The van der Waals surface area contributed by atoms with Crippen LogP contribution in [-0.4, -0.2) is 7.11 Å². The number of methoxy groups -OCH3 is 1. The summed E-state index contributed by atoms with van der Waals surface area (Å²) in [5, 5.41) is 0.677. The van der Waals surface area contributed by atoms with Gasteiger partial charge in [0, 0.05) is 16.6 Å². The molecule has 0 aliphatic heterocycles. The fourth-order valence-electron chi connectivity index (χ4n) is 2.29. The van der Waals surface area contributed by atoms with Gasteiger partial charge in [-0.2, -0.15) is 0 Å². The highest BCUT2D eigenvalue weighted by molar-refractivity contribution is 6.30. The van der Waals surface area contributed by atoms with Gasteiger partial charge in [-0.15, -0.1) is 0 Å². The van der Waals surface area contributed by atoms with E-state index in [4.69, 9.17) is 22.1 Å². The molecule has 0 fully saturated rings. The maximum Gasteiger partial charge on any atom is 0.123 e. The van der Waals surface area contributed by atoms with E-state index >= 15 is 0 Å². The number of aryl methyl sites for hydroxylation is 2. The molecule has 0 amide bonds. The zero-order chi connectivity index (χ0) is 14.7. The van der Waals surface area contributed by atoms with Crippen LogP contribution >= 0.6 is 11.6 Å². The summed E-state index contributed by atoms with van der Waals surface area (Å²) in [5.74, 6) is 0.783. The molecule has 0 heterocycles. The Kier molecular flexibility index (Phi) is 4.69. The Balaban J connectivity index is 2.25. The molecule has 2 aromatic rings. The summed E-state index contributed by atoms with van der Waals surface area (Å²) in [6, 6.07) is 11.9. The van der Waals surface area contributed by atoms with Gasteiger partial charge in [0.05, 0.1) is 7.11 Å². The molecule has 2 aromatic carbocycles. The molecule has 0 aliphatic rings. The van der Waals surface area contributed by atoms with E-state index in [1.807, 2.05) is 18.2 Å². The molecule has 0 radical (unpaired) electrons. The van der Waals surface area contributed by atoms with Crippen LogP contribution < -0.4 is 10.5 Å². The average molecular weight is 290 g/mol. The minimum atomic E-state index is -0.134. The molecule has 2 nitrogen and oxygen atoms in total. The number of nitrogens with two attached hydrogens (primary N) is 1. The first-order valence-corrected chi connectivity index (χ1v) is 7.04. The van der Waals surface area contributed by atoms with E-state index in [2.05, 4.69) is 32.0 Å². The van der Waals surface area contributed by atoms with Crippen molar-refractivity contribution in [1.82, 2.24) is 0 Å². The van der Waals surface area contributed by atoms with Gasteiger partial charge in [0.1, 0.15) is 5.75 Å². The van der Waals surface area contributed by atoms with Crippen LogP contribution in [0, 0.1) is 13.8 Å². The minimum Gasteiger partial charge on any atom is -0.496 e. The molecule has 1 unspecified atom stereocenters. The Morgan fingerprint density at radius 3 is 2.50 bits per heavy atom. The van der Waals surface area contributed by atoms with Crippen LogP contribution in [0.1, 0.15) is 28.3 Å². The van der Waals surface area contributed by atoms with Crippen molar-refractivity contribution in [1.29, 1.82) is 0 Å². The van der Waals surface area contributed by atoms with Crippen molar-refractivity contribution in [2.24, 2.45) is 5.73 Å². The molecule has 3 heteroatoms. The maximum atomic E-state index is 6.32. The molecule has 0 aliphatic carbocycles. The summed E-state index contributed by atoms with van der Waals surface area (Å²) >= 11 is 6.06. The van der Waals surface area contributed by atoms with Gasteiger partial charge >= 0.3 is 0 Å². The molecule has 0 bridgehead atoms. The van der Waals surface area contributed by atoms with Crippen LogP contribution in [0.25, 0.3) is 0 Å². The van der Waals surface area contributed by atoms with Crippen LogP contribution in [0.5, 0.6) is 5.75 Å². The number of hydrogen-bond acceptors (Lipinski definition) is 2. The van der Waals surface area contributed by atoms with Crippen LogP contribution in [-0.2, 0) is 6.42 Å². The van der Waals surface area contributed by atoms with Gasteiger partial charge in [-0.1, -0.05) is 29.8 Å². The molecule has 1 atom stereocenters. The van der Waals surface area contributed by atoms with E-state index in [1.54, 1.807) is 7.11 Å². The number of halogens is 1. The fourth-order valence-corrected chi connectivity index (χ4v) is 2.47. The predicted octanol–water partition coefficient (Wildman–Crippen LogP) is 4.21. The molecule has 0 saturated carbocycles. The zero-order valence-corrected chi connectivity index (χ0v) is 12.9. The van der Waals surface area contributed by atoms with Crippen molar-refractivity contribution in [2.45, 2.75) is 26.3 Å². The van der Waals surface area contributed by atoms with Crippen LogP contribution in [0.2, 0.25) is 5.02 Å². The molecular weight excluding hydrogens is 270 g/mol. The van der Waals surface area contributed by atoms with Gasteiger partial charge in [0.25, 0.3) is 0 Å². The third-order valence-electron chi connectivity index (χ3n) is 3.62. The Morgan fingerprint density at radius 1 is 1.10 bits per heavy atom. The lowest BCUT2D eigenvalue weighted by Crippen LogP contribution is -2.14. The lowest BCUT2D eigenvalue weighted by atomic mass is 9.96. The van der Waals surface area contributed by atoms with Crippen molar-refractivity contribution in [2.75, 3.05) is 7.11 Å². The van der Waals surface area contributed by atoms with Gasteiger partial charge in [-0.05, 0) is 55.2 Å². The van der Waals surface area contributed by atoms with Crippen molar-refractivity contribution >= 4 is 11.6 Å².